The van der Waals surface area contributed by atoms with Crippen molar-refractivity contribution in [2.45, 2.75) is 31.7 Å². The average molecular weight is 526 g/mol. The topological polar surface area (TPSA) is 128 Å². The van der Waals surface area contributed by atoms with E-state index in [1.165, 1.54) is 12.3 Å². The number of amides is 1. The van der Waals surface area contributed by atoms with Gasteiger partial charge in [-0.1, -0.05) is 18.2 Å². The summed E-state index contributed by atoms with van der Waals surface area (Å²) in [5.41, 5.74) is 2.03. The van der Waals surface area contributed by atoms with Crippen molar-refractivity contribution in [1.82, 2.24) is 35.0 Å². The monoisotopic (exact) mass is 525 g/mol. The van der Waals surface area contributed by atoms with Gasteiger partial charge in [-0.2, -0.15) is 0 Å². The molecule has 6 rings (SSSR count). The second-order valence-corrected chi connectivity index (χ2v) is 9.22. The molecule has 0 atom stereocenters. The van der Waals surface area contributed by atoms with Crippen molar-refractivity contribution < 1.29 is 19.0 Å². The lowest BCUT2D eigenvalue weighted by Crippen LogP contribution is -2.44. The fourth-order valence-corrected chi connectivity index (χ4v) is 4.78. The predicted octanol–water partition coefficient (Wildman–Crippen LogP) is 4.19. The Labute approximate surface area is 222 Å². The molecule has 0 radical (unpaired) electrons. The van der Waals surface area contributed by atoms with E-state index < -0.39 is 5.82 Å². The van der Waals surface area contributed by atoms with Crippen LogP contribution in [0.4, 0.5) is 4.39 Å². The SMILES string of the molecule is CCOc1ccc(-c2nnc([C@H]3C[C@H](NC(=O)c4cccc5ncc(O)nc45)C3)n2-c2ccccc2F)nc1. The molecule has 1 saturated carbocycles. The summed E-state index contributed by atoms with van der Waals surface area (Å²) in [6.45, 7) is 2.41. The summed E-state index contributed by atoms with van der Waals surface area (Å²) in [4.78, 5) is 25.7. The molecule has 2 N–H and O–H groups in total. The van der Waals surface area contributed by atoms with Crippen molar-refractivity contribution >= 4 is 16.9 Å². The van der Waals surface area contributed by atoms with Crippen LogP contribution in [-0.4, -0.2) is 53.4 Å². The molecule has 5 aromatic rings. The summed E-state index contributed by atoms with van der Waals surface area (Å²) in [5, 5.41) is 21.6. The summed E-state index contributed by atoms with van der Waals surface area (Å²) in [6, 6.07) is 15.0. The van der Waals surface area contributed by atoms with E-state index in [9.17, 15) is 14.3 Å². The summed E-state index contributed by atoms with van der Waals surface area (Å²) in [6.07, 6.45) is 4.03. The van der Waals surface area contributed by atoms with Crippen molar-refractivity contribution in [3.05, 3.63) is 84.2 Å². The van der Waals surface area contributed by atoms with Crippen molar-refractivity contribution in [2.24, 2.45) is 0 Å². The highest BCUT2D eigenvalue weighted by atomic mass is 19.1. The van der Waals surface area contributed by atoms with Gasteiger partial charge in [0.25, 0.3) is 5.91 Å². The van der Waals surface area contributed by atoms with Crippen LogP contribution >= 0.6 is 0 Å². The van der Waals surface area contributed by atoms with Crippen LogP contribution in [0.15, 0.2) is 67.0 Å². The third-order valence-electron chi connectivity index (χ3n) is 6.70. The van der Waals surface area contributed by atoms with E-state index in [-0.39, 0.29) is 23.7 Å². The molecule has 196 valence electrons. The number of hydrogen-bond acceptors (Lipinski definition) is 8. The number of carbonyl (C=O) groups excluding carboxylic acids is 1. The van der Waals surface area contributed by atoms with Gasteiger partial charge in [0.1, 0.15) is 28.6 Å². The number of ether oxygens (including phenoxy) is 1. The Hall–Kier alpha value is -4.93. The molecule has 0 aliphatic heterocycles. The first-order valence-electron chi connectivity index (χ1n) is 12.6. The molecule has 1 aliphatic carbocycles. The standard InChI is InChI=1S/C28H24FN7O3/c1-2-39-18-10-11-22(30-14-18)27-35-34-26(36(27)23-9-4-3-7-20(23)29)16-12-17(13-16)32-28(38)19-6-5-8-21-25(19)33-24(37)15-31-21/h3-11,14-17H,2,12-13H2,1H3,(H,32,38)(H,33,37)/t16-,17-. The maximum atomic E-state index is 15.0. The third-order valence-corrected chi connectivity index (χ3v) is 6.70. The van der Waals surface area contributed by atoms with Gasteiger partial charge in [-0.05, 0) is 56.2 Å². The Morgan fingerprint density at radius 3 is 2.69 bits per heavy atom. The molecule has 1 fully saturated rings. The van der Waals surface area contributed by atoms with Crippen molar-refractivity contribution in [3.63, 3.8) is 0 Å². The highest BCUT2D eigenvalue weighted by molar-refractivity contribution is 6.04. The lowest BCUT2D eigenvalue weighted by Gasteiger charge is -2.35. The maximum Gasteiger partial charge on any atom is 0.253 e. The Balaban J connectivity index is 1.25. The second-order valence-electron chi connectivity index (χ2n) is 9.22. The Morgan fingerprint density at radius 2 is 1.92 bits per heavy atom. The van der Waals surface area contributed by atoms with E-state index in [0.29, 0.717) is 64.8 Å². The van der Waals surface area contributed by atoms with E-state index >= 15 is 0 Å². The van der Waals surface area contributed by atoms with Crippen molar-refractivity contribution in [3.8, 4) is 28.8 Å². The lowest BCUT2D eigenvalue weighted by atomic mass is 9.79. The van der Waals surface area contributed by atoms with Gasteiger partial charge >= 0.3 is 0 Å². The predicted molar refractivity (Wildman–Crippen MR) is 140 cm³/mol. The van der Waals surface area contributed by atoms with E-state index in [1.807, 2.05) is 6.92 Å². The van der Waals surface area contributed by atoms with Gasteiger partial charge in [-0.15, -0.1) is 10.2 Å². The third kappa shape index (κ3) is 4.63. The van der Waals surface area contributed by atoms with Crippen LogP contribution in [0, 0.1) is 5.82 Å². The van der Waals surface area contributed by atoms with Gasteiger partial charge < -0.3 is 15.2 Å². The fourth-order valence-electron chi connectivity index (χ4n) is 4.78. The first-order valence-corrected chi connectivity index (χ1v) is 12.6. The van der Waals surface area contributed by atoms with Gasteiger partial charge in [0.15, 0.2) is 5.82 Å². The van der Waals surface area contributed by atoms with Gasteiger partial charge in [0.2, 0.25) is 5.88 Å². The van der Waals surface area contributed by atoms with Gasteiger partial charge in [0.05, 0.1) is 35.8 Å². The highest BCUT2D eigenvalue weighted by Gasteiger charge is 2.37. The number of aromatic nitrogens is 6. The number of aromatic hydroxyl groups is 1. The second kappa shape index (κ2) is 10.1. The number of fused-ring (bicyclic) bond motifs is 1. The van der Waals surface area contributed by atoms with E-state index in [4.69, 9.17) is 4.74 Å². The van der Waals surface area contributed by atoms with Gasteiger partial charge in [-0.25, -0.2) is 19.3 Å². The van der Waals surface area contributed by atoms with Gasteiger partial charge in [-0.3, -0.25) is 9.36 Å². The van der Waals surface area contributed by atoms with Crippen LogP contribution in [0.5, 0.6) is 11.6 Å². The Kier molecular flexibility index (Phi) is 6.31. The van der Waals surface area contributed by atoms with E-state index in [0.717, 1.165) is 0 Å². The molecular formula is C28H24FN7O3. The molecular weight excluding hydrogens is 501 g/mol. The van der Waals surface area contributed by atoms with Crippen molar-refractivity contribution in [2.75, 3.05) is 6.61 Å². The number of para-hydroxylation sites is 2. The molecule has 0 unspecified atom stereocenters. The van der Waals surface area contributed by atoms with Gasteiger partial charge in [0, 0.05) is 12.0 Å². The number of hydrogen-bond donors (Lipinski definition) is 2. The smallest absolute Gasteiger partial charge is 0.253 e. The molecule has 2 aromatic carbocycles. The summed E-state index contributed by atoms with van der Waals surface area (Å²) >= 11 is 0. The number of nitrogens with zero attached hydrogens (tertiary/aromatic N) is 6. The van der Waals surface area contributed by atoms with Crippen LogP contribution < -0.4 is 10.1 Å². The molecule has 3 heterocycles. The number of carbonyl (C=O) groups is 1. The van der Waals surface area contributed by atoms with Crippen LogP contribution in [-0.2, 0) is 0 Å². The lowest BCUT2D eigenvalue weighted by molar-refractivity contribution is 0.0908. The molecule has 39 heavy (non-hydrogen) atoms. The molecule has 10 nitrogen and oxygen atoms in total. The number of halogens is 1. The molecule has 1 aliphatic rings. The number of nitrogens with one attached hydrogen (secondary N) is 1. The number of pyridine rings is 1. The summed E-state index contributed by atoms with van der Waals surface area (Å²) < 4.78 is 22.2. The largest absolute Gasteiger partial charge is 0.492 e. The normalized spacial score (nSPS) is 16.6. The summed E-state index contributed by atoms with van der Waals surface area (Å²) in [5.74, 6) is 0.612. The zero-order valence-corrected chi connectivity index (χ0v) is 21.0. The minimum atomic E-state index is -0.407. The molecule has 1 amide bonds. The maximum absolute atomic E-state index is 15.0. The highest BCUT2D eigenvalue weighted by Crippen LogP contribution is 2.39. The zero-order valence-electron chi connectivity index (χ0n) is 21.0. The van der Waals surface area contributed by atoms with Crippen LogP contribution in [0.3, 0.4) is 0 Å². The summed E-state index contributed by atoms with van der Waals surface area (Å²) in [7, 11) is 0. The van der Waals surface area contributed by atoms with Crippen LogP contribution in [0.2, 0.25) is 0 Å². The Morgan fingerprint density at radius 1 is 1.08 bits per heavy atom. The molecule has 0 bridgehead atoms. The minimum absolute atomic E-state index is 0.0600. The van der Waals surface area contributed by atoms with E-state index in [1.54, 1.807) is 59.3 Å². The first-order chi connectivity index (χ1) is 19.0. The van der Waals surface area contributed by atoms with Crippen LogP contribution in [0.1, 0.15) is 41.9 Å². The molecule has 11 heteroatoms. The average Bonchev–Trinajstić information content (AvgIpc) is 3.35. The quantitative estimate of drug-likeness (QED) is 0.324. The first kappa shape index (κ1) is 24.4. The number of benzene rings is 2. The number of rotatable bonds is 7. The van der Waals surface area contributed by atoms with Crippen molar-refractivity contribution in [1.29, 1.82) is 0 Å². The zero-order chi connectivity index (χ0) is 26.9. The molecule has 0 saturated heterocycles. The molecule has 0 spiro atoms. The molecule has 3 aromatic heterocycles. The Bertz CT molecular complexity index is 1670. The minimum Gasteiger partial charge on any atom is -0.492 e. The van der Waals surface area contributed by atoms with Crippen LogP contribution in [0.25, 0.3) is 28.2 Å². The van der Waals surface area contributed by atoms with E-state index in [2.05, 4.69) is 30.5 Å². The fraction of sp³-hybridized carbons (Fsp3) is 0.214.